The molecule has 1 aliphatic heterocycles. The molecule has 1 aromatic rings. The summed E-state index contributed by atoms with van der Waals surface area (Å²) in [7, 11) is 1.79. The van der Waals surface area contributed by atoms with Crippen LogP contribution in [0.4, 0.5) is 0 Å². The number of nitrogens with one attached hydrogen (secondary N) is 1. The molecule has 20 heavy (non-hydrogen) atoms. The highest BCUT2D eigenvalue weighted by atomic mass is 32.1. The minimum atomic E-state index is -0.240. The van der Waals surface area contributed by atoms with Crippen LogP contribution in [0.15, 0.2) is 0 Å². The van der Waals surface area contributed by atoms with E-state index in [-0.39, 0.29) is 5.60 Å². The fourth-order valence-electron chi connectivity index (χ4n) is 2.66. The van der Waals surface area contributed by atoms with Crippen LogP contribution < -0.4 is 5.32 Å². The average Bonchev–Trinajstić information content (AvgIpc) is 2.88. The summed E-state index contributed by atoms with van der Waals surface area (Å²) in [5.41, 5.74) is 0.889. The summed E-state index contributed by atoms with van der Waals surface area (Å²) in [6.07, 6.45) is 2.94. The van der Waals surface area contributed by atoms with Gasteiger partial charge in [0.1, 0.15) is 10.6 Å². The van der Waals surface area contributed by atoms with Crippen molar-refractivity contribution in [3.63, 3.8) is 0 Å². The molecule has 1 aromatic heterocycles. The Morgan fingerprint density at radius 1 is 1.45 bits per heavy atom. The molecule has 0 amide bonds. The SMILES string of the molecule is CCCNC(C)c1sc(C2(OC)CCOCC2)nc1C. The third-order valence-corrected chi connectivity index (χ3v) is 5.53. The fourth-order valence-corrected chi connectivity index (χ4v) is 3.98. The molecule has 0 saturated carbocycles. The molecule has 1 atom stereocenters. The first-order chi connectivity index (χ1) is 9.63. The van der Waals surface area contributed by atoms with E-state index in [4.69, 9.17) is 14.5 Å². The first-order valence-corrected chi connectivity index (χ1v) is 8.28. The molecule has 0 aromatic carbocycles. The third kappa shape index (κ3) is 3.22. The van der Waals surface area contributed by atoms with Crippen LogP contribution in [0.25, 0.3) is 0 Å². The van der Waals surface area contributed by atoms with Crippen molar-refractivity contribution in [1.29, 1.82) is 0 Å². The minimum absolute atomic E-state index is 0.240. The molecule has 2 heterocycles. The molecule has 0 bridgehead atoms. The summed E-state index contributed by atoms with van der Waals surface area (Å²) in [6, 6.07) is 0.356. The number of thiazole rings is 1. The number of rotatable bonds is 6. The summed E-state index contributed by atoms with van der Waals surface area (Å²) in [5, 5.41) is 4.65. The molecule has 114 valence electrons. The zero-order chi connectivity index (χ0) is 14.6. The molecule has 1 saturated heterocycles. The highest BCUT2D eigenvalue weighted by Gasteiger charge is 2.38. The largest absolute Gasteiger partial charge is 0.381 e. The number of nitrogens with zero attached hydrogens (tertiary/aromatic N) is 1. The molecular formula is C15H26N2O2S. The number of hydrogen-bond acceptors (Lipinski definition) is 5. The topological polar surface area (TPSA) is 43.4 Å². The molecule has 0 radical (unpaired) electrons. The molecule has 0 aliphatic carbocycles. The van der Waals surface area contributed by atoms with Crippen molar-refractivity contribution in [1.82, 2.24) is 10.3 Å². The summed E-state index contributed by atoms with van der Waals surface area (Å²) in [6.45, 7) is 9.05. The first kappa shape index (κ1) is 15.9. The van der Waals surface area contributed by atoms with E-state index in [1.165, 1.54) is 4.88 Å². The maximum atomic E-state index is 5.84. The standard InChI is InChI=1S/C15H26N2O2S/c1-5-8-16-11(2)13-12(3)17-14(20-13)15(18-4)6-9-19-10-7-15/h11,16H,5-10H2,1-4H3. The number of aromatic nitrogens is 1. The Labute approximate surface area is 125 Å². The van der Waals surface area contributed by atoms with Crippen LogP contribution in [0, 0.1) is 6.92 Å². The quantitative estimate of drug-likeness (QED) is 0.876. The van der Waals surface area contributed by atoms with Crippen molar-refractivity contribution in [3.8, 4) is 0 Å². The van der Waals surface area contributed by atoms with Crippen molar-refractivity contribution in [3.05, 3.63) is 15.6 Å². The fraction of sp³-hybridized carbons (Fsp3) is 0.800. The summed E-state index contributed by atoms with van der Waals surface area (Å²) in [5.74, 6) is 0. The molecule has 4 nitrogen and oxygen atoms in total. The van der Waals surface area contributed by atoms with Gasteiger partial charge in [0.15, 0.2) is 0 Å². The average molecular weight is 298 g/mol. The highest BCUT2D eigenvalue weighted by molar-refractivity contribution is 7.12. The Morgan fingerprint density at radius 2 is 2.15 bits per heavy atom. The molecule has 0 spiro atoms. The molecular weight excluding hydrogens is 272 g/mol. The Kier molecular flexibility index (Phi) is 5.55. The van der Waals surface area contributed by atoms with Gasteiger partial charge in [0.2, 0.25) is 0 Å². The summed E-state index contributed by atoms with van der Waals surface area (Å²) < 4.78 is 11.3. The number of aryl methyl sites for hydroxylation is 1. The van der Waals surface area contributed by atoms with Crippen molar-refractivity contribution >= 4 is 11.3 Å². The summed E-state index contributed by atoms with van der Waals surface area (Å²) in [4.78, 5) is 6.13. The maximum Gasteiger partial charge on any atom is 0.125 e. The van der Waals surface area contributed by atoms with E-state index >= 15 is 0 Å². The van der Waals surface area contributed by atoms with E-state index < -0.39 is 0 Å². The van der Waals surface area contributed by atoms with E-state index in [0.29, 0.717) is 6.04 Å². The summed E-state index contributed by atoms with van der Waals surface area (Å²) >= 11 is 1.79. The van der Waals surface area contributed by atoms with E-state index in [1.54, 1.807) is 18.4 Å². The molecule has 1 aliphatic rings. The maximum absolute atomic E-state index is 5.84. The van der Waals surface area contributed by atoms with Gasteiger partial charge in [-0.05, 0) is 26.8 Å². The van der Waals surface area contributed by atoms with Gasteiger partial charge in [0, 0.05) is 44.1 Å². The van der Waals surface area contributed by atoms with Gasteiger partial charge < -0.3 is 14.8 Å². The number of ether oxygens (including phenoxy) is 2. The predicted octanol–water partition coefficient (Wildman–Crippen LogP) is 3.16. The lowest BCUT2D eigenvalue weighted by Crippen LogP contribution is -2.35. The molecule has 1 unspecified atom stereocenters. The molecule has 5 heteroatoms. The van der Waals surface area contributed by atoms with Gasteiger partial charge in [-0.25, -0.2) is 4.98 Å². The van der Waals surface area contributed by atoms with E-state index in [2.05, 4.69) is 26.1 Å². The highest BCUT2D eigenvalue weighted by Crippen LogP contribution is 2.40. The van der Waals surface area contributed by atoms with E-state index in [1.807, 2.05) is 0 Å². The van der Waals surface area contributed by atoms with Gasteiger partial charge in [-0.1, -0.05) is 6.92 Å². The van der Waals surface area contributed by atoms with Crippen LogP contribution in [0.5, 0.6) is 0 Å². The van der Waals surface area contributed by atoms with Crippen molar-refractivity contribution in [2.24, 2.45) is 0 Å². The number of hydrogen-bond donors (Lipinski definition) is 1. The van der Waals surface area contributed by atoms with Gasteiger partial charge >= 0.3 is 0 Å². The Morgan fingerprint density at radius 3 is 2.75 bits per heavy atom. The number of methoxy groups -OCH3 is 1. The van der Waals surface area contributed by atoms with Gasteiger partial charge in [0.05, 0.1) is 5.69 Å². The normalized spacial score (nSPS) is 20.0. The second-order valence-electron chi connectivity index (χ2n) is 5.46. The van der Waals surface area contributed by atoms with Crippen molar-refractivity contribution in [2.45, 2.75) is 51.7 Å². The lowest BCUT2D eigenvalue weighted by molar-refractivity contribution is -0.0948. The van der Waals surface area contributed by atoms with Gasteiger partial charge in [0.25, 0.3) is 0 Å². The van der Waals surface area contributed by atoms with E-state index in [0.717, 1.165) is 49.7 Å². The van der Waals surface area contributed by atoms with E-state index in [9.17, 15) is 0 Å². The zero-order valence-electron chi connectivity index (χ0n) is 13.0. The Balaban J connectivity index is 2.20. The lowest BCUT2D eigenvalue weighted by atomic mass is 9.95. The van der Waals surface area contributed by atoms with Crippen molar-refractivity contribution < 1.29 is 9.47 Å². The van der Waals surface area contributed by atoms with Crippen LogP contribution in [0.2, 0.25) is 0 Å². The first-order valence-electron chi connectivity index (χ1n) is 7.47. The monoisotopic (exact) mass is 298 g/mol. The van der Waals surface area contributed by atoms with Crippen LogP contribution in [-0.4, -0.2) is 31.9 Å². The van der Waals surface area contributed by atoms with Crippen LogP contribution >= 0.6 is 11.3 Å². The molecule has 1 fully saturated rings. The smallest absolute Gasteiger partial charge is 0.125 e. The second-order valence-corrected chi connectivity index (χ2v) is 6.49. The lowest BCUT2D eigenvalue weighted by Gasteiger charge is -2.33. The van der Waals surface area contributed by atoms with Crippen LogP contribution in [-0.2, 0) is 15.1 Å². The molecule has 2 rings (SSSR count). The van der Waals surface area contributed by atoms with Gasteiger partial charge in [-0.15, -0.1) is 11.3 Å². The van der Waals surface area contributed by atoms with Crippen LogP contribution in [0.1, 0.15) is 54.7 Å². The van der Waals surface area contributed by atoms with Gasteiger partial charge in [-0.3, -0.25) is 0 Å². The Bertz CT molecular complexity index is 428. The van der Waals surface area contributed by atoms with Gasteiger partial charge in [-0.2, -0.15) is 0 Å². The zero-order valence-corrected chi connectivity index (χ0v) is 13.8. The predicted molar refractivity (Wildman–Crippen MR) is 82.3 cm³/mol. The second kappa shape index (κ2) is 6.98. The Hall–Kier alpha value is -0.490. The molecule has 1 N–H and O–H groups in total. The van der Waals surface area contributed by atoms with Crippen molar-refractivity contribution in [2.75, 3.05) is 26.9 Å². The third-order valence-electron chi connectivity index (χ3n) is 4.01. The minimum Gasteiger partial charge on any atom is -0.381 e. The van der Waals surface area contributed by atoms with Crippen LogP contribution in [0.3, 0.4) is 0 Å².